The van der Waals surface area contributed by atoms with Crippen LogP contribution in [0.5, 0.6) is 23.1 Å². The second kappa shape index (κ2) is 8.17. The van der Waals surface area contributed by atoms with Crippen LogP contribution in [0.4, 0.5) is 0 Å². The Morgan fingerprint density at radius 2 is 1.79 bits per heavy atom. The van der Waals surface area contributed by atoms with Gasteiger partial charge in [0.2, 0.25) is 12.7 Å². The monoisotopic (exact) mass is 486 g/mol. The molecule has 4 aromatic rings. The Kier molecular flexibility index (Phi) is 5.30. The zero-order valence-corrected chi connectivity index (χ0v) is 19.3. The van der Waals surface area contributed by atoms with Crippen LogP contribution >= 0.6 is 11.6 Å². The minimum Gasteiger partial charge on any atom is -0.497 e. The number of ether oxygens (including phenoxy) is 4. The zero-order valence-electron chi connectivity index (χ0n) is 17.7. The highest BCUT2D eigenvalue weighted by molar-refractivity contribution is 7.90. The number of fused-ring (bicyclic) bond motifs is 2. The van der Waals surface area contributed by atoms with E-state index in [0.29, 0.717) is 38.7 Å². The van der Waals surface area contributed by atoms with E-state index in [9.17, 15) is 8.42 Å². The summed E-state index contributed by atoms with van der Waals surface area (Å²) >= 11 is 6.35. The molecule has 10 heteroatoms. The normalized spacial score (nSPS) is 12.8. The molecule has 0 atom stereocenters. The number of methoxy groups -OCH3 is 1. The van der Waals surface area contributed by atoms with Crippen LogP contribution in [-0.4, -0.2) is 31.5 Å². The maximum absolute atomic E-state index is 13.3. The van der Waals surface area contributed by atoms with Gasteiger partial charge in [0.1, 0.15) is 12.4 Å². The number of aryl methyl sites for hydroxylation is 1. The maximum atomic E-state index is 13.3. The molecule has 1 aliphatic heterocycles. The first kappa shape index (κ1) is 21.4. The largest absolute Gasteiger partial charge is 0.497 e. The fourth-order valence-electron chi connectivity index (χ4n) is 3.49. The quantitative estimate of drug-likeness (QED) is 0.395. The Balaban J connectivity index is 1.56. The number of aromatic nitrogens is 2. The standard InChI is InChI=1S/C23H19ClN2O6S/c1-14-3-6-17(7-4-14)33(27,28)26-20-8-5-16(29-2)10-18(20)23(25-26)30-12-15-9-21-22(11-19(15)24)32-13-31-21/h3-11H,12-13H2,1-2H3. The third-order valence-corrected chi connectivity index (χ3v) is 7.23. The summed E-state index contributed by atoms with van der Waals surface area (Å²) in [6.45, 7) is 2.06. The number of nitrogens with zero attached hydrogens (tertiary/aromatic N) is 2. The van der Waals surface area contributed by atoms with Crippen molar-refractivity contribution in [2.45, 2.75) is 18.4 Å². The second-order valence-electron chi connectivity index (χ2n) is 7.43. The zero-order chi connectivity index (χ0) is 23.2. The maximum Gasteiger partial charge on any atom is 0.283 e. The van der Waals surface area contributed by atoms with E-state index in [4.69, 9.17) is 30.5 Å². The molecule has 0 unspecified atom stereocenters. The van der Waals surface area contributed by atoms with Crippen LogP contribution in [0.15, 0.2) is 59.5 Å². The number of hydrogen-bond donors (Lipinski definition) is 0. The number of halogens is 1. The molecule has 170 valence electrons. The molecule has 2 heterocycles. The molecule has 0 amide bonds. The molecule has 0 aliphatic carbocycles. The molecule has 5 rings (SSSR count). The van der Waals surface area contributed by atoms with Crippen molar-refractivity contribution in [2.75, 3.05) is 13.9 Å². The van der Waals surface area contributed by atoms with Crippen molar-refractivity contribution < 1.29 is 27.4 Å². The van der Waals surface area contributed by atoms with Crippen molar-refractivity contribution in [1.82, 2.24) is 9.19 Å². The summed E-state index contributed by atoms with van der Waals surface area (Å²) in [5.41, 5.74) is 1.96. The third kappa shape index (κ3) is 3.83. The van der Waals surface area contributed by atoms with Gasteiger partial charge in [-0.05, 0) is 43.3 Å². The molecule has 1 aromatic heterocycles. The van der Waals surface area contributed by atoms with Crippen molar-refractivity contribution in [3.63, 3.8) is 0 Å². The molecular weight excluding hydrogens is 468 g/mol. The molecule has 0 saturated carbocycles. The van der Waals surface area contributed by atoms with Gasteiger partial charge in [-0.3, -0.25) is 0 Å². The van der Waals surface area contributed by atoms with Crippen LogP contribution in [0.25, 0.3) is 10.9 Å². The topological polar surface area (TPSA) is 88.9 Å². The summed E-state index contributed by atoms with van der Waals surface area (Å²) in [4.78, 5) is 0.124. The first-order chi connectivity index (χ1) is 15.9. The van der Waals surface area contributed by atoms with E-state index in [2.05, 4.69) is 5.10 Å². The van der Waals surface area contributed by atoms with Gasteiger partial charge >= 0.3 is 0 Å². The summed E-state index contributed by atoms with van der Waals surface area (Å²) in [5.74, 6) is 1.80. The molecular formula is C23H19ClN2O6S. The first-order valence-electron chi connectivity index (χ1n) is 9.96. The van der Waals surface area contributed by atoms with Crippen molar-refractivity contribution in [3.8, 4) is 23.1 Å². The van der Waals surface area contributed by atoms with Gasteiger partial charge in [0.05, 0.1) is 27.9 Å². The van der Waals surface area contributed by atoms with Crippen molar-refractivity contribution in [1.29, 1.82) is 0 Å². The molecule has 0 N–H and O–H groups in total. The SMILES string of the molecule is COc1ccc2c(c1)c(OCc1cc3c(cc1Cl)OCO3)nn2S(=O)(=O)c1ccc(C)cc1. The lowest BCUT2D eigenvalue weighted by molar-refractivity contribution is 0.174. The lowest BCUT2D eigenvalue weighted by Crippen LogP contribution is -2.14. The molecule has 0 bridgehead atoms. The molecule has 0 fully saturated rings. The Bertz CT molecular complexity index is 1460. The molecule has 0 saturated heterocycles. The summed E-state index contributed by atoms with van der Waals surface area (Å²) in [7, 11) is -2.43. The van der Waals surface area contributed by atoms with Crippen molar-refractivity contribution >= 4 is 32.5 Å². The Morgan fingerprint density at radius 1 is 1.06 bits per heavy atom. The smallest absolute Gasteiger partial charge is 0.283 e. The lowest BCUT2D eigenvalue weighted by Gasteiger charge is -2.07. The average molecular weight is 487 g/mol. The van der Waals surface area contributed by atoms with Gasteiger partial charge < -0.3 is 18.9 Å². The Morgan fingerprint density at radius 3 is 2.52 bits per heavy atom. The number of benzene rings is 3. The Labute approximate surface area is 195 Å². The fourth-order valence-corrected chi connectivity index (χ4v) is 4.97. The minimum absolute atomic E-state index is 0.0450. The highest BCUT2D eigenvalue weighted by Crippen LogP contribution is 2.38. The highest BCUT2D eigenvalue weighted by atomic mass is 35.5. The van der Waals surface area contributed by atoms with Gasteiger partial charge in [0.25, 0.3) is 10.0 Å². The van der Waals surface area contributed by atoms with Gasteiger partial charge in [-0.2, -0.15) is 8.42 Å². The Hall–Kier alpha value is -3.43. The van der Waals surface area contributed by atoms with Gasteiger partial charge in [0, 0.05) is 11.6 Å². The van der Waals surface area contributed by atoms with Crippen LogP contribution in [0.2, 0.25) is 5.02 Å². The highest BCUT2D eigenvalue weighted by Gasteiger charge is 2.25. The summed E-state index contributed by atoms with van der Waals surface area (Å²) in [6, 6.07) is 14.9. The van der Waals surface area contributed by atoms with Crippen LogP contribution in [0, 0.1) is 6.92 Å². The first-order valence-corrected chi connectivity index (χ1v) is 11.8. The average Bonchev–Trinajstić information content (AvgIpc) is 3.41. The van der Waals surface area contributed by atoms with E-state index >= 15 is 0 Å². The van der Waals surface area contributed by atoms with Gasteiger partial charge in [0.15, 0.2) is 11.5 Å². The number of hydrogen-bond acceptors (Lipinski definition) is 7. The molecule has 33 heavy (non-hydrogen) atoms. The number of rotatable bonds is 6. The van der Waals surface area contributed by atoms with Crippen LogP contribution in [0.1, 0.15) is 11.1 Å². The molecule has 0 spiro atoms. The van der Waals surface area contributed by atoms with E-state index < -0.39 is 10.0 Å². The second-order valence-corrected chi connectivity index (χ2v) is 9.61. The van der Waals surface area contributed by atoms with E-state index in [1.54, 1.807) is 54.6 Å². The van der Waals surface area contributed by atoms with Crippen LogP contribution in [0.3, 0.4) is 0 Å². The van der Waals surface area contributed by atoms with E-state index in [0.717, 1.165) is 9.65 Å². The predicted molar refractivity (Wildman–Crippen MR) is 122 cm³/mol. The van der Waals surface area contributed by atoms with Crippen molar-refractivity contribution in [3.05, 3.63) is 70.7 Å². The lowest BCUT2D eigenvalue weighted by atomic mass is 10.2. The fraction of sp³-hybridized carbons (Fsp3) is 0.174. The third-order valence-electron chi connectivity index (χ3n) is 5.27. The van der Waals surface area contributed by atoms with Crippen LogP contribution in [-0.2, 0) is 16.6 Å². The van der Waals surface area contributed by atoms with Crippen molar-refractivity contribution in [2.24, 2.45) is 0 Å². The summed E-state index contributed by atoms with van der Waals surface area (Å²) in [5, 5.41) is 5.23. The minimum atomic E-state index is -3.96. The molecule has 3 aromatic carbocycles. The van der Waals surface area contributed by atoms with E-state index in [-0.39, 0.29) is 24.2 Å². The van der Waals surface area contributed by atoms with Gasteiger partial charge in [-0.1, -0.05) is 29.3 Å². The van der Waals surface area contributed by atoms with E-state index in [1.807, 2.05) is 6.92 Å². The molecule has 8 nitrogen and oxygen atoms in total. The van der Waals surface area contributed by atoms with E-state index in [1.165, 1.54) is 7.11 Å². The van der Waals surface area contributed by atoms with Gasteiger partial charge in [-0.25, -0.2) is 0 Å². The van der Waals surface area contributed by atoms with Gasteiger partial charge in [-0.15, -0.1) is 9.19 Å². The summed E-state index contributed by atoms with van der Waals surface area (Å²) in [6.07, 6.45) is 0. The van der Waals surface area contributed by atoms with Crippen LogP contribution < -0.4 is 18.9 Å². The molecule has 0 radical (unpaired) electrons. The molecule has 1 aliphatic rings. The predicted octanol–water partition coefficient (Wildman–Crippen LogP) is 4.55. The summed E-state index contributed by atoms with van der Waals surface area (Å²) < 4.78 is 49.6.